The quantitative estimate of drug-likeness (QED) is 0.717. The van der Waals surface area contributed by atoms with E-state index in [9.17, 15) is 27.2 Å². The van der Waals surface area contributed by atoms with Gasteiger partial charge in [0.1, 0.15) is 18.1 Å². The van der Waals surface area contributed by atoms with Crippen LogP contribution in [0.25, 0.3) is 0 Å². The molecule has 26 heavy (non-hydrogen) atoms. The highest BCUT2D eigenvalue weighted by molar-refractivity contribution is 5.92. The number of carbonyl (C=O) groups is 2. The summed E-state index contributed by atoms with van der Waals surface area (Å²) in [5, 5.41) is 17.8. The van der Waals surface area contributed by atoms with E-state index in [1.807, 2.05) is 0 Å². The monoisotopic (exact) mass is 376 g/mol. The van der Waals surface area contributed by atoms with Crippen LogP contribution in [0.1, 0.15) is 16.9 Å². The molecule has 0 saturated carbocycles. The van der Waals surface area contributed by atoms with Crippen LogP contribution in [0.4, 0.5) is 23.2 Å². The second kappa shape index (κ2) is 7.80. The molecular weight excluding hydrogens is 364 g/mol. The van der Waals surface area contributed by atoms with Gasteiger partial charge in [0.25, 0.3) is 0 Å². The maximum Gasteiger partial charge on any atom is 0.392 e. The van der Waals surface area contributed by atoms with Crippen LogP contribution in [0.5, 0.6) is 5.75 Å². The van der Waals surface area contributed by atoms with Gasteiger partial charge >= 0.3 is 12.1 Å². The molecule has 0 spiro atoms. The summed E-state index contributed by atoms with van der Waals surface area (Å²) >= 11 is 0. The van der Waals surface area contributed by atoms with Gasteiger partial charge in [-0.25, -0.2) is 13.9 Å². The lowest BCUT2D eigenvalue weighted by Gasteiger charge is -2.13. The van der Waals surface area contributed by atoms with E-state index in [4.69, 9.17) is 9.84 Å². The van der Waals surface area contributed by atoms with Gasteiger partial charge in [0, 0.05) is 6.07 Å². The SMILES string of the molecule is O=C(Cn1cc(C(=O)O)nn1)Nc1ccc(F)cc1OCCC(F)(F)F. The highest BCUT2D eigenvalue weighted by atomic mass is 19.4. The molecule has 1 heterocycles. The fourth-order valence-electron chi connectivity index (χ4n) is 1.81. The van der Waals surface area contributed by atoms with Gasteiger partial charge in [-0.05, 0) is 12.1 Å². The highest BCUT2D eigenvalue weighted by Gasteiger charge is 2.27. The Kier molecular flexibility index (Phi) is 5.75. The van der Waals surface area contributed by atoms with Crippen LogP contribution in [0.3, 0.4) is 0 Å². The molecule has 12 heteroatoms. The maximum atomic E-state index is 13.3. The van der Waals surface area contributed by atoms with Crippen LogP contribution in [0.15, 0.2) is 24.4 Å². The van der Waals surface area contributed by atoms with Crippen molar-refractivity contribution in [1.82, 2.24) is 15.0 Å². The number of anilines is 1. The Hall–Kier alpha value is -3.18. The van der Waals surface area contributed by atoms with E-state index in [0.717, 1.165) is 29.1 Å². The van der Waals surface area contributed by atoms with Crippen molar-refractivity contribution in [2.45, 2.75) is 19.1 Å². The Balaban J connectivity index is 2.02. The van der Waals surface area contributed by atoms with Gasteiger partial charge in [0.15, 0.2) is 5.69 Å². The van der Waals surface area contributed by atoms with Gasteiger partial charge < -0.3 is 15.2 Å². The summed E-state index contributed by atoms with van der Waals surface area (Å²) in [6, 6.07) is 2.95. The number of rotatable bonds is 7. The van der Waals surface area contributed by atoms with Crippen molar-refractivity contribution in [1.29, 1.82) is 0 Å². The molecule has 0 aliphatic carbocycles. The van der Waals surface area contributed by atoms with Gasteiger partial charge in [-0.15, -0.1) is 5.10 Å². The average molecular weight is 376 g/mol. The molecule has 0 fully saturated rings. The van der Waals surface area contributed by atoms with E-state index < -0.39 is 43.4 Å². The molecular formula is C14H12F4N4O4. The Labute approximate surface area is 143 Å². The van der Waals surface area contributed by atoms with Crippen LogP contribution in [0.2, 0.25) is 0 Å². The predicted molar refractivity (Wildman–Crippen MR) is 78.2 cm³/mol. The zero-order valence-corrected chi connectivity index (χ0v) is 13.0. The molecule has 140 valence electrons. The zero-order valence-electron chi connectivity index (χ0n) is 13.0. The second-order valence-electron chi connectivity index (χ2n) is 5.01. The van der Waals surface area contributed by atoms with E-state index in [-0.39, 0.29) is 17.1 Å². The summed E-state index contributed by atoms with van der Waals surface area (Å²) in [5.41, 5.74) is -0.409. The van der Waals surface area contributed by atoms with Crippen molar-refractivity contribution < 1.29 is 37.0 Å². The number of nitrogens with zero attached hydrogens (tertiary/aromatic N) is 3. The number of carboxylic acid groups (broad SMARTS) is 1. The number of hydrogen-bond acceptors (Lipinski definition) is 5. The molecule has 2 aromatic rings. The van der Waals surface area contributed by atoms with Crippen LogP contribution in [0, 0.1) is 5.82 Å². The van der Waals surface area contributed by atoms with Gasteiger partial charge in [-0.2, -0.15) is 13.2 Å². The number of aromatic carboxylic acids is 1. The number of amides is 1. The summed E-state index contributed by atoms with van der Waals surface area (Å²) < 4.78 is 55.6. The van der Waals surface area contributed by atoms with Crippen molar-refractivity contribution in [3.8, 4) is 5.75 Å². The van der Waals surface area contributed by atoms with Gasteiger partial charge in [0.05, 0.1) is 24.9 Å². The standard InChI is InChI=1S/C14H12F4N4O4/c15-8-1-2-9(11(5-8)26-4-3-14(16,17)18)19-12(23)7-22-6-10(13(24)25)20-21-22/h1-2,5-6H,3-4,7H2,(H,19,23)(H,24,25). The molecule has 0 radical (unpaired) electrons. The molecule has 0 aliphatic rings. The van der Waals surface area contributed by atoms with Crippen LogP contribution in [-0.2, 0) is 11.3 Å². The normalized spacial score (nSPS) is 11.2. The molecule has 2 N–H and O–H groups in total. The Morgan fingerprint density at radius 1 is 1.31 bits per heavy atom. The molecule has 0 atom stereocenters. The molecule has 1 amide bonds. The largest absolute Gasteiger partial charge is 0.491 e. The van der Waals surface area contributed by atoms with E-state index in [2.05, 4.69) is 15.6 Å². The van der Waals surface area contributed by atoms with Crippen LogP contribution < -0.4 is 10.1 Å². The third-order valence-electron chi connectivity index (χ3n) is 2.92. The summed E-state index contributed by atoms with van der Waals surface area (Å²) in [6.07, 6.45) is -4.66. The first-order valence-corrected chi connectivity index (χ1v) is 7.06. The lowest BCUT2D eigenvalue weighted by atomic mass is 10.2. The number of carbonyl (C=O) groups excluding carboxylic acids is 1. The number of halogens is 4. The molecule has 0 unspecified atom stereocenters. The van der Waals surface area contributed by atoms with E-state index >= 15 is 0 Å². The summed E-state index contributed by atoms with van der Waals surface area (Å²) in [4.78, 5) is 22.6. The van der Waals surface area contributed by atoms with Gasteiger partial charge in [-0.3, -0.25) is 4.79 Å². The first kappa shape index (κ1) is 19.1. The number of carboxylic acids is 1. The smallest absolute Gasteiger partial charge is 0.392 e. The number of nitrogens with one attached hydrogen (secondary N) is 1. The Morgan fingerprint density at radius 3 is 2.65 bits per heavy atom. The van der Waals surface area contributed by atoms with Gasteiger partial charge in [-0.1, -0.05) is 5.21 Å². The third kappa shape index (κ3) is 5.72. The highest BCUT2D eigenvalue weighted by Crippen LogP contribution is 2.27. The maximum absolute atomic E-state index is 13.3. The average Bonchev–Trinajstić information content (AvgIpc) is 2.97. The van der Waals surface area contributed by atoms with Crippen LogP contribution >= 0.6 is 0 Å². The summed E-state index contributed by atoms with van der Waals surface area (Å²) in [7, 11) is 0. The van der Waals surface area contributed by atoms with Crippen molar-refractivity contribution in [3.63, 3.8) is 0 Å². The van der Waals surface area contributed by atoms with E-state index in [1.54, 1.807) is 0 Å². The van der Waals surface area contributed by atoms with Crippen molar-refractivity contribution in [2.75, 3.05) is 11.9 Å². The molecule has 1 aromatic heterocycles. The summed E-state index contributed by atoms with van der Waals surface area (Å²) in [5.74, 6) is -3.05. The zero-order chi connectivity index (χ0) is 19.3. The molecule has 0 saturated heterocycles. The first-order chi connectivity index (χ1) is 12.1. The second-order valence-corrected chi connectivity index (χ2v) is 5.01. The minimum Gasteiger partial charge on any atom is -0.491 e. The predicted octanol–water partition coefficient (Wildman–Crippen LogP) is 2.09. The van der Waals surface area contributed by atoms with Crippen molar-refractivity contribution in [3.05, 3.63) is 35.9 Å². The number of aromatic nitrogens is 3. The molecule has 0 aliphatic heterocycles. The molecule has 8 nitrogen and oxygen atoms in total. The van der Waals surface area contributed by atoms with Crippen molar-refractivity contribution >= 4 is 17.6 Å². The Bertz CT molecular complexity index is 806. The molecule has 0 bridgehead atoms. The van der Waals surface area contributed by atoms with E-state index in [0.29, 0.717) is 0 Å². The fraction of sp³-hybridized carbons (Fsp3) is 0.286. The summed E-state index contributed by atoms with van der Waals surface area (Å²) in [6.45, 7) is -1.17. The molecule has 1 aromatic carbocycles. The number of hydrogen-bond donors (Lipinski definition) is 2. The minimum atomic E-state index is -4.44. The fourth-order valence-corrected chi connectivity index (χ4v) is 1.81. The third-order valence-corrected chi connectivity index (χ3v) is 2.92. The lowest BCUT2D eigenvalue weighted by molar-refractivity contribution is -0.139. The Morgan fingerprint density at radius 2 is 2.04 bits per heavy atom. The topological polar surface area (TPSA) is 106 Å². The van der Waals surface area contributed by atoms with Crippen LogP contribution in [-0.4, -0.2) is 44.8 Å². The van der Waals surface area contributed by atoms with Crippen molar-refractivity contribution in [2.24, 2.45) is 0 Å². The lowest BCUT2D eigenvalue weighted by Crippen LogP contribution is -2.20. The number of benzene rings is 1. The first-order valence-electron chi connectivity index (χ1n) is 7.06. The van der Waals surface area contributed by atoms with Gasteiger partial charge in [0.2, 0.25) is 5.91 Å². The number of alkyl halides is 3. The van der Waals surface area contributed by atoms with E-state index in [1.165, 1.54) is 0 Å². The molecule has 2 rings (SSSR count). The number of ether oxygens (including phenoxy) is 1. The minimum absolute atomic E-state index is 0.0443.